The Labute approximate surface area is 108 Å². The summed E-state index contributed by atoms with van der Waals surface area (Å²) in [5.74, 6) is 0. The number of halogens is 3. The molecule has 2 aromatic rings. The van der Waals surface area contributed by atoms with E-state index in [0.717, 1.165) is 11.1 Å². The first-order valence-corrected chi connectivity index (χ1v) is 5.69. The van der Waals surface area contributed by atoms with Gasteiger partial charge in [-0.25, -0.2) is 0 Å². The summed E-state index contributed by atoms with van der Waals surface area (Å²) in [6.45, 7) is 0.647. The van der Waals surface area contributed by atoms with Gasteiger partial charge in [-0.05, 0) is 24.1 Å². The van der Waals surface area contributed by atoms with Crippen molar-refractivity contribution >= 4 is 0 Å². The Bertz CT molecular complexity index is 644. The minimum absolute atomic E-state index is 0.618. The third kappa shape index (κ3) is 3.47. The smallest absolute Gasteiger partial charge is 0.306 e. The number of pyridine rings is 1. The summed E-state index contributed by atoms with van der Waals surface area (Å²) in [4.78, 5) is 11.6. The van der Waals surface area contributed by atoms with Crippen LogP contribution < -0.4 is 5.56 Å². The molecule has 0 amide bonds. The molecule has 1 aromatic heterocycles. The summed E-state index contributed by atoms with van der Waals surface area (Å²) in [6, 6.07) is 10.2. The lowest BCUT2D eigenvalue weighted by molar-refractivity contribution is -0.141. The Hall–Kier alpha value is -2.04. The minimum Gasteiger partial charge on any atom is -0.306 e. The van der Waals surface area contributed by atoms with Gasteiger partial charge in [0.15, 0.2) is 0 Å². The van der Waals surface area contributed by atoms with E-state index in [1.165, 1.54) is 18.3 Å². The predicted molar refractivity (Wildman–Crippen MR) is 66.9 cm³/mol. The van der Waals surface area contributed by atoms with Crippen molar-refractivity contribution in [2.24, 2.45) is 0 Å². The van der Waals surface area contributed by atoms with Crippen LogP contribution in [-0.4, -0.2) is 10.7 Å². The van der Waals surface area contributed by atoms with E-state index < -0.39 is 18.3 Å². The maximum absolute atomic E-state index is 12.2. The molecule has 0 atom stereocenters. The van der Waals surface area contributed by atoms with Crippen LogP contribution in [0.4, 0.5) is 13.2 Å². The Balaban J connectivity index is 2.37. The highest BCUT2D eigenvalue weighted by atomic mass is 19.4. The zero-order valence-corrected chi connectivity index (χ0v) is 10.2. The molecule has 0 N–H and O–H groups in total. The van der Waals surface area contributed by atoms with Crippen LogP contribution in [0.5, 0.6) is 0 Å². The molecule has 2 nitrogen and oxygen atoms in total. The van der Waals surface area contributed by atoms with Crippen LogP contribution in [0.1, 0.15) is 5.56 Å². The fourth-order valence-corrected chi connectivity index (χ4v) is 1.84. The van der Waals surface area contributed by atoms with Crippen molar-refractivity contribution in [2.75, 3.05) is 0 Å². The van der Waals surface area contributed by atoms with E-state index >= 15 is 0 Å². The zero-order valence-electron chi connectivity index (χ0n) is 10.2. The van der Waals surface area contributed by atoms with Crippen LogP contribution >= 0.6 is 0 Å². The van der Waals surface area contributed by atoms with Gasteiger partial charge in [-0.3, -0.25) is 4.79 Å². The largest absolute Gasteiger partial charge is 0.406 e. The molecule has 2 rings (SSSR count). The van der Waals surface area contributed by atoms with Crippen molar-refractivity contribution in [3.05, 3.63) is 58.5 Å². The quantitative estimate of drug-likeness (QED) is 0.817. The second-order valence-corrected chi connectivity index (χ2v) is 4.37. The van der Waals surface area contributed by atoms with E-state index in [4.69, 9.17) is 0 Å². The molecule has 5 heteroatoms. The molecule has 0 unspecified atom stereocenters. The topological polar surface area (TPSA) is 22.0 Å². The number of rotatable bonds is 2. The molecule has 1 aromatic carbocycles. The number of benzene rings is 1. The summed E-state index contributed by atoms with van der Waals surface area (Å²) in [6.07, 6.45) is -3.22. The van der Waals surface area contributed by atoms with Crippen LogP contribution in [-0.2, 0) is 6.54 Å². The van der Waals surface area contributed by atoms with E-state index in [1.807, 2.05) is 31.2 Å². The van der Waals surface area contributed by atoms with Crippen molar-refractivity contribution in [1.82, 2.24) is 4.57 Å². The fourth-order valence-electron chi connectivity index (χ4n) is 1.84. The molecular formula is C14H12F3NO. The molecule has 0 radical (unpaired) electrons. The number of nitrogens with zero attached hydrogens (tertiary/aromatic N) is 1. The normalized spacial score (nSPS) is 11.6. The maximum atomic E-state index is 12.2. The van der Waals surface area contributed by atoms with Crippen molar-refractivity contribution in [3.63, 3.8) is 0 Å². The Morgan fingerprint density at radius 2 is 1.79 bits per heavy atom. The summed E-state index contributed by atoms with van der Waals surface area (Å²) < 4.78 is 37.4. The average Bonchev–Trinajstić information content (AvgIpc) is 2.30. The van der Waals surface area contributed by atoms with E-state index in [0.29, 0.717) is 10.1 Å². The molecule has 0 aliphatic rings. The molecule has 0 saturated heterocycles. The molecular weight excluding hydrogens is 255 g/mol. The predicted octanol–water partition coefficient (Wildman–Crippen LogP) is 3.39. The first-order valence-electron chi connectivity index (χ1n) is 5.69. The zero-order chi connectivity index (χ0) is 14.0. The molecule has 100 valence electrons. The number of alkyl halides is 3. The van der Waals surface area contributed by atoms with Crippen LogP contribution in [0.2, 0.25) is 0 Å². The molecule has 0 bridgehead atoms. The van der Waals surface area contributed by atoms with Crippen LogP contribution in [0.15, 0.2) is 47.4 Å². The van der Waals surface area contributed by atoms with Gasteiger partial charge < -0.3 is 4.57 Å². The van der Waals surface area contributed by atoms with Crippen molar-refractivity contribution in [2.45, 2.75) is 19.6 Å². The third-order valence-corrected chi connectivity index (χ3v) is 2.70. The summed E-state index contributed by atoms with van der Waals surface area (Å²) in [7, 11) is 0. The molecule has 19 heavy (non-hydrogen) atoms. The molecule has 0 fully saturated rings. The lowest BCUT2D eigenvalue weighted by Crippen LogP contribution is -2.27. The van der Waals surface area contributed by atoms with Crippen molar-refractivity contribution in [3.8, 4) is 11.1 Å². The standard InChI is InChI=1S/C14H12F3NO/c1-10-3-2-4-11(7-10)12-5-6-18(13(19)8-12)9-14(15,16)17/h2-8H,9H2,1H3. The summed E-state index contributed by atoms with van der Waals surface area (Å²) in [5, 5.41) is 0. The SMILES string of the molecule is Cc1cccc(-c2ccn(CC(F)(F)F)c(=O)c2)c1. The lowest BCUT2D eigenvalue weighted by Gasteiger charge is -2.10. The minimum atomic E-state index is -4.39. The third-order valence-electron chi connectivity index (χ3n) is 2.70. The molecule has 0 saturated carbocycles. The van der Waals surface area contributed by atoms with E-state index in [2.05, 4.69) is 0 Å². The van der Waals surface area contributed by atoms with Crippen LogP contribution in [0.25, 0.3) is 11.1 Å². The first-order chi connectivity index (χ1) is 8.85. The molecule has 0 aliphatic heterocycles. The number of aromatic nitrogens is 1. The van der Waals surface area contributed by atoms with E-state index in [-0.39, 0.29) is 0 Å². The second-order valence-electron chi connectivity index (χ2n) is 4.37. The Morgan fingerprint density at radius 1 is 1.11 bits per heavy atom. The first kappa shape index (κ1) is 13.4. The highest BCUT2D eigenvalue weighted by Crippen LogP contribution is 2.20. The van der Waals surface area contributed by atoms with Crippen molar-refractivity contribution in [1.29, 1.82) is 0 Å². The van der Waals surface area contributed by atoms with Gasteiger partial charge in [0.05, 0.1) is 0 Å². The molecule has 0 aliphatic carbocycles. The molecule has 1 heterocycles. The van der Waals surface area contributed by atoms with Gasteiger partial charge in [0.1, 0.15) is 6.54 Å². The van der Waals surface area contributed by atoms with E-state index in [9.17, 15) is 18.0 Å². The Morgan fingerprint density at radius 3 is 2.37 bits per heavy atom. The van der Waals surface area contributed by atoms with Gasteiger partial charge >= 0.3 is 6.18 Å². The van der Waals surface area contributed by atoms with E-state index in [1.54, 1.807) is 0 Å². The van der Waals surface area contributed by atoms with Gasteiger partial charge in [-0.1, -0.05) is 29.8 Å². The Kier molecular flexibility index (Phi) is 3.46. The van der Waals surface area contributed by atoms with Gasteiger partial charge in [-0.2, -0.15) is 13.2 Å². The highest BCUT2D eigenvalue weighted by molar-refractivity contribution is 5.63. The maximum Gasteiger partial charge on any atom is 0.406 e. The van der Waals surface area contributed by atoms with Gasteiger partial charge in [0.2, 0.25) is 0 Å². The van der Waals surface area contributed by atoms with Crippen LogP contribution in [0, 0.1) is 6.92 Å². The summed E-state index contributed by atoms with van der Waals surface area (Å²) >= 11 is 0. The summed E-state index contributed by atoms with van der Waals surface area (Å²) in [5.41, 5.74) is 1.80. The molecule has 0 spiro atoms. The monoisotopic (exact) mass is 267 g/mol. The van der Waals surface area contributed by atoms with Gasteiger partial charge in [0.25, 0.3) is 5.56 Å². The average molecular weight is 267 g/mol. The number of hydrogen-bond donors (Lipinski definition) is 0. The van der Waals surface area contributed by atoms with Gasteiger partial charge in [-0.15, -0.1) is 0 Å². The second kappa shape index (κ2) is 4.91. The van der Waals surface area contributed by atoms with Gasteiger partial charge in [0, 0.05) is 12.3 Å². The van der Waals surface area contributed by atoms with Crippen LogP contribution in [0.3, 0.4) is 0 Å². The fraction of sp³-hybridized carbons (Fsp3) is 0.214. The highest BCUT2D eigenvalue weighted by Gasteiger charge is 2.28. The number of hydrogen-bond acceptors (Lipinski definition) is 1. The lowest BCUT2D eigenvalue weighted by atomic mass is 10.1. The van der Waals surface area contributed by atoms with Crippen molar-refractivity contribution < 1.29 is 13.2 Å². The number of aryl methyl sites for hydroxylation is 1.